The number of urea groups is 1. The number of nitrogens with one attached hydrogen (secondary N) is 2. The minimum atomic E-state index is -1.27. The van der Waals surface area contributed by atoms with E-state index >= 15 is 0 Å². The van der Waals surface area contributed by atoms with Crippen molar-refractivity contribution in [3.63, 3.8) is 0 Å². The first kappa shape index (κ1) is 20.8. The molecule has 3 heterocycles. The quantitative estimate of drug-likeness (QED) is 0.563. The van der Waals surface area contributed by atoms with Gasteiger partial charge in [0.25, 0.3) is 0 Å². The van der Waals surface area contributed by atoms with E-state index in [0.717, 1.165) is 18.2 Å². The van der Waals surface area contributed by atoms with Gasteiger partial charge in [0.05, 0.1) is 18.6 Å². The summed E-state index contributed by atoms with van der Waals surface area (Å²) in [5.41, 5.74) is 0.281. The van der Waals surface area contributed by atoms with Crippen LogP contribution < -0.4 is 15.5 Å². The molecular formula is C20H17ClF4N6O. The number of anilines is 2. The maximum Gasteiger partial charge on any atom is 0.319 e. The fraction of sp³-hybridized carbons (Fsp3) is 0.350. The lowest BCUT2D eigenvalue weighted by Gasteiger charge is -2.26. The molecule has 3 aromatic rings. The summed E-state index contributed by atoms with van der Waals surface area (Å²) in [6, 6.07) is 2.61. The molecule has 2 amide bonds. The molecule has 1 saturated heterocycles. The van der Waals surface area contributed by atoms with Crippen molar-refractivity contribution in [2.45, 2.75) is 37.3 Å². The highest BCUT2D eigenvalue weighted by molar-refractivity contribution is 6.33. The topological polar surface area (TPSA) is 74.6 Å². The number of nitrogens with zero attached hydrogens (tertiary/aromatic N) is 4. The van der Waals surface area contributed by atoms with E-state index in [4.69, 9.17) is 11.6 Å². The predicted molar refractivity (Wildman–Crippen MR) is 109 cm³/mol. The number of carbonyl (C=O) groups is 1. The zero-order chi connectivity index (χ0) is 22.6. The van der Waals surface area contributed by atoms with Gasteiger partial charge >= 0.3 is 6.03 Å². The highest BCUT2D eigenvalue weighted by Crippen LogP contribution is 2.38. The number of carbonyl (C=O) groups excluding carboxylic acids is 1. The number of halogens is 5. The van der Waals surface area contributed by atoms with Gasteiger partial charge in [-0.25, -0.2) is 31.9 Å². The molecule has 1 saturated carbocycles. The molecule has 2 fully saturated rings. The summed E-state index contributed by atoms with van der Waals surface area (Å²) in [7, 11) is 0. The van der Waals surface area contributed by atoms with E-state index in [9.17, 15) is 22.4 Å². The Labute approximate surface area is 184 Å². The number of rotatable bonds is 4. The summed E-state index contributed by atoms with van der Waals surface area (Å²) < 4.78 is 56.8. The highest BCUT2D eigenvalue weighted by Gasteiger charge is 2.39. The summed E-state index contributed by atoms with van der Waals surface area (Å²) in [6.07, 6.45) is -0.628. The molecule has 168 valence electrons. The normalized spacial score (nSPS) is 24.7. The molecule has 32 heavy (non-hydrogen) atoms. The largest absolute Gasteiger partial charge is 0.346 e. The first-order valence-electron chi connectivity index (χ1n) is 9.92. The van der Waals surface area contributed by atoms with Crippen LogP contribution in [0.15, 0.2) is 30.5 Å². The van der Waals surface area contributed by atoms with E-state index in [2.05, 4.69) is 20.7 Å². The van der Waals surface area contributed by atoms with Crippen molar-refractivity contribution in [3.8, 4) is 0 Å². The van der Waals surface area contributed by atoms with E-state index < -0.39 is 42.1 Å². The maximum atomic E-state index is 14.4. The van der Waals surface area contributed by atoms with Crippen LogP contribution >= 0.6 is 11.6 Å². The molecule has 2 N–H and O–H groups in total. The monoisotopic (exact) mass is 468 g/mol. The lowest BCUT2D eigenvalue weighted by Crippen LogP contribution is -2.31. The highest BCUT2D eigenvalue weighted by atomic mass is 35.5. The first-order chi connectivity index (χ1) is 15.3. The summed E-state index contributed by atoms with van der Waals surface area (Å²) in [6.45, 7) is -0.0749. The molecule has 2 aromatic heterocycles. The van der Waals surface area contributed by atoms with Crippen LogP contribution in [0.4, 0.5) is 33.9 Å². The summed E-state index contributed by atoms with van der Waals surface area (Å²) >= 11 is 6.14. The third-order valence-corrected chi connectivity index (χ3v) is 5.82. The van der Waals surface area contributed by atoms with Crippen molar-refractivity contribution in [2.24, 2.45) is 0 Å². The Morgan fingerprint density at radius 2 is 1.97 bits per heavy atom. The van der Waals surface area contributed by atoms with Crippen molar-refractivity contribution < 1.29 is 22.4 Å². The molecule has 1 aromatic carbocycles. The third-order valence-electron chi connectivity index (χ3n) is 5.56. The van der Waals surface area contributed by atoms with Crippen LogP contribution in [0.5, 0.6) is 0 Å². The van der Waals surface area contributed by atoms with Crippen LogP contribution in [0.2, 0.25) is 5.15 Å². The zero-order valence-electron chi connectivity index (χ0n) is 16.4. The Kier molecular flexibility index (Phi) is 5.07. The average molecular weight is 469 g/mol. The molecule has 0 unspecified atom stereocenters. The minimum absolute atomic E-state index is 0.0290. The van der Waals surface area contributed by atoms with Gasteiger partial charge in [0.1, 0.15) is 35.5 Å². The molecule has 2 aliphatic rings. The zero-order valence-corrected chi connectivity index (χ0v) is 17.2. The molecule has 7 nitrogen and oxygen atoms in total. The molecule has 0 spiro atoms. The van der Waals surface area contributed by atoms with Crippen LogP contribution in [0.1, 0.15) is 24.4 Å². The number of alkyl halides is 2. The minimum Gasteiger partial charge on any atom is -0.346 e. The van der Waals surface area contributed by atoms with Crippen LogP contribution in [0.3, 0.4) is 0 Å². The van der Waals surface area contributed by atoms with Crippen LogP contribution in [0, 0.1) is 11.6 Å². The van der Waals surface area contributed by atoms with Gasteiger partial charge in [-0.3, -0.25) is 0 Å². The van der Waals surface area contributed by atoms with Gasteiger partial charge in [0.15, 0.2) is 10.8 Å². The second-order valence-corrected chi connectivity index (χ2v) is 8.20. The van der Waals surface area contributed by atoms with Gasteiger partial charge in [-0.1, -0.05) is 11.6 Å². The summed E-state index contributed by atoms with van der Waals surface area (Å²) in [5.74, 6) is -0.995. The Morgan fingerprint density at radius 1 is 1.19 bits per heavy atom. The van der Waals surface area contributed by atoms with Crippen LogP contribution in [-0.2, 0) is 0 Å². The van der Waals surface area contributed by atoms with Gasteiger partial charge in [-0.2, -0.15) is 5.10 Å². The number of aromatic nitrogens is 3. The predicted octanol–water partition coefficient (Wildman–Crippen LogP) is 4.18. The molecule has 0 radical (unpaired) electrons. The molecule has 4 atom stereocenters. The number of amides is 2. The smallest absolute Gasteiger partial charge is 0.319 e. The Bertz CT molecular complexity index is 1210. The van der Waals surface area contributed by atoms with Gasteiger partial charge in [0.2, 0.25) is 0 Å². The fourth-order valence-electron chi connectivity index (χ4n) is 3.89. The number of hydrogen-bond acceptors (Lipinski definition) is 4. The average Bonchev–Trinajstić information content (AvgIpc) is 3.15. The Morgan fingerprint density at radius 3 is 2.72 bits per heavy atom. The Balaban J connectivity index is 1.48. The van der Waals surface area contributed by atoms with E-state index in [0.29, 0.717) is 0 Å². The SMILES string of the molecule is O=C(Nc1c(Cl)nn2ccc(N3C[C@@H](F)C[C@@H]3c3cc(F)ccc3F)nc12)N[C@H]1C[C@H]1F. The second-order valence-electron chi connectivity index (χ2n) is 7.84. The molecular weight excluding hydrogens is 452 g/mol. The van der Waals surface area contributed by atoms with Gasteiger partial charge in [-0.05, 0) is 24.3 Å². The van der Waals surface area contributed by atoms with E-state index in [1.54, 1.807) is 6.07 Å². The summed E-state index contributed by atoms with van der Waals surface area (Å²) in [5, 5.41) is 8.99. The van der Waals surface area contributed by atoms with Gasteiger partial charge in [0, 0.05) is 24.6 Å². The number of hydrogen-bond donors (Lipinski definition) is 2. The van der Waals surface area contributed by atoms with Gasteiger partial charge in [-0.15, -0.1) is 0 Å². The Hall–Kier alpha value is -3.08. The first-order valence-corrected chi connectivity index (χ1v) is 10.3. The molecule has 12 heteroatoms. The van der Waals surface area contributed by atoms with Crippen molar-refractivity contribution in [1.82, 2.24) is 19.9 Å². The molecule has 5 rings (SSSR count). The third kappa shape index (κ3) is 3.81. The van der Waals surface area contributed by atoms with E-state index in [1.165, 1.54) is 15.6 Å². The molecule has 1 aliphatic carbocycles. The number of fused-ring (bicyclic) bond motifs is 1. The van der Waals surface area contributed by atoms with E-state index in [-0.39, 0.29) is 47.3 Å². The van der Waals surface area contributed by atoms with Crippen molar-refractivity contribution in [1.29, 1.82) is 0 Å². The van der Waals surface area contributed by atoms with Crippen molar-refractivity contribution in [3.05, 3.63) is 52.8 Å². The van der Waals surface area contributed by atoms with Crippen LogP contribution in [-0.4, -0.2) is 45.6 Å². The lowest BCUT2D eigenvalue weighted by molar-refractivity contribution is 0.250. The molecule has 1 aliphatic heterocycles. The lowest BCUT2D eigenvalue weighted by atomic mass is 10.0. The number of benzene rings is 1. The van der Waals surface area contributed by atoms with Crippen molar-refractivity contribution >= 4 is 34.8 Å². The summed E-state index contributed by atoms with van der Waals surface area (Å²) in [4.78, 5) is 18.1. The molecule has 0 bridgehead atoms. The van der Waals surface area contributed by atoms with Crippen molar-refractivity contribution in [2.75, 3.05) is 16.8 Å². The second kappa shape index (κ2) is 7.80. The van der Waals surface area contributed by atoms with Gasteiger partial charge < -0.3 is 15.5 Å². The van der Waals surface area contributed by atoms with Crippen LogP contribution in [0.25, 0.3) is 5.65 Å². The fourth-order valence-corrected chi connectivity index (χ4v) is 4.11. The van der Waals surface area contributed by atoms with E-state index in [1.807, 2.05) is 0 Å². The maximum absolute atomic E-state index is 14.4. The standard InChI is InChI=1S/C20H17ClF4N6O/c21-18-17(28-20(32)26-14-7-13(14)25)19-27-16(3-4-31(19)29-18)30-8-10(23)6-15(30)11-5-9(22)1-2-12(11)24/h1-5,10,13-15H,6-8H2,(H2,26,28,32)/t10-,13+,14-,15+/m0/s1.